The summed E-state index contributed by atoms with van der Waals surface area (Å²) in [6.45, 7) is 5.50. The lowest BCUT2D eigenvalue weighted by Crippen LogP contribution is -2.46. The largest absolute Gasteiger partial charge is 0.485 e. The van der Waals surface area contributed by atoms with E-state index in [1.165, 1.54) is 4.90 Å². The molecule has 2 aromatic carbocycles. The number of aryl methyl sites for hydroxylation is 1. The Morgan fingerprint density at radius 2 is 1.97 bits per heavy atom. The number of amides is 2. The van der Waals surface area contributed by atoms with Crippen molar-refractivity contribution >= 4 is 23.3 Å². The number of ether oxygens (including phenoxy) is 2. The number of ketones is 1. The smallest absolute Gasteiger partial charge is 0.265 e. The lowest BCUT2D eigenvalue weighted by atomic mass is 10.1. The van der Waals surface area contributed by atoms with Gasteiger partial charge >= 0.3 is 0 Å². The first kappa shape index (κ1) is 22.3. The lowest BCUT2D eigenvalue weighted by Gasteiger charge is -2.29. The molecular weight excluding hydrogens is 396 g/mol. The molecule has 7 nitrogen and oxygen atoms in total. The van der Waals surface area contributed by atoms with Gasteiger partial charge in [0.2, 0.25) is 5.91 Å². The Hall–Kier alpha value is -3.35. The molecule has 0 fully saturated rings. The first-order valence-electron chi connectivity index (χ1n) is 10.5. The van der Waals surface area contributed by atoms with Crippen molar-refractivity contribution in [1.82, 2.24) is 5.32 Å². The number of carbonyl (C=O) groups is 3. The van der Waals surface area contributed by atoms with Gasteiger partial charge in [-0.05, 0) is 49.6 Å². The normalized spacial score (nSPS) is 13.8. The number of nitrogens with zero attached hydrogens (tertiary/aromatic N) is 1. The number of carbonyl (C=O) groups excluding carboxylic acids is 3. The molecule has 2 amide bonds. The number of hydrogen-bond acceptors (Lipinski definition) is 5. The number of para-hydroxylation sites is 1. The molecule has 0 aromatic heterocycles. The van der Waals surface area contributed by atoms with Crippen LogP contribution in [0.5, 0.6) is 11.5 Å². The zero-order chi connectivity index (χ0) is 22.4. The van der Waals surface area contributed by atoms with Crippen molar-refractivity contribution in [2.75, 3.05) is 24.7 Å². The number of rotatable bonds is 9. The van der Waals surface area contributed by atoms with E-state index in [4.69, 9.17) is 9.47 Å². The highest BCUT2D eigenvalue weighted by atomic mass is 16.5. The van der Waals surface area contributed by atoms with E-state index in [0.29, 0.717) is 22.7 Å². The van der Waals surface area contributed by atoms with E-state index < -0.39 is 0 Å². The summed E-state index contributed by atoms with van der Waals surface area (Å²) in [5.74, 6) is 0.329. The van der Waals surface area contributed by atoms with Crippen molar-refractivity contribution in [2.24, 2.45) is 0 Å². The van der Waals surface area contributed by atoms with Gasteiger partial charge in [0, 0.05) is 11.6 Å². The Labute approximate surface area is 182 Å². The quantitative estimate of drug-likeness (QED) is 0.625. The average Bonchev–Trinajstić information content (AvgIpc) is 2.79. The summed E-state index contributed by atoms with van der Waals surface area (Å²) in [5, 5.41) is 2.85. The van der Waals surface area contributed by atoms with Crippen molar-refractivity contribution in [1.29, 1.82) is 0 Å². The third-order valence-electron chi connectivity index (χ3n) is 5.26. The fourth-order valence-corrected chi connectivity index (χ4v) is 3.28. The first-order valence-corrected chi connectivity index (χ1v) is 10.5. The zero-order valence-electron chi connectivity index (χ0n) is 18.1. The molecule has 1 aliphatic rings. The minimum absolute atomic E-state index is 0.0131. The van der Waals surface area contributed by atoms with E-state index in [2.05, 4.69) is 5.32 Å². The minimum Gasteiger partial charge on any atom is -0.485 e. The fraction of sp³-hybridized carbons (Fsp3) is 0.375. The van der Waals surface area contributed by atoms with Crippen LogP contribution >= 0.6 is 0 Å². The summed E-state index contributed by atoms with van der Waals surface area (Å²) < 4.78 is 11.2. The van der Waals surface area contributed by atoms with Gasteiger partial charge in [0.15, 0.2) is 19.0 Å². The third-order valence-corrected chi connectivity index (χ3v) is 5.26. The van der Waals surface area contributed by atoms with E-state index in [1.54, 1.807) is 18.2 Å². The molecule has 7 heteroatoms. The van der Waals surface area contributed by atoms with Crippen LogP contribution in [0.4, 0.5) is 5.69 Å². The minimum atomic E-state index is -0.329. The van der Waals surface area contributed by atoms with Gasteiger partial charge in [0.05, 0.1) is 5.69 Å². The first-order chi connectivity index (χ1) is 14.9. The van der Waals surface area contributed by atoms with Crippen molar-refractivity contribution < 1.29 is 23.9 Å². The molecule has 1 heterocycles. The molecule has 0 spiro atoms. The summed E-state index contributed by atoms with van der Waals surface area (Å²) in [7, 11) is 0. The topological polar surface area (TPSA) is 84.9 Å². The highest BCUT2D eigenvalue weighted by Crippen LogP contribution is 2.33. The summed E-state index contributed by atoms with van der Waals surface area (Å²) >= 11 is 0. The van der Waals surface area contributed by atoms with Gasteiger partial charge in [0.1, 0.15) is 18.0 Å². The van der Waals surface area contributed by atoms with Crippen LogP contribution in [-0.2, 0) is 16.0 Å². The Bertz CT molecular complexity index is 972. The highest BCUT2D eigenvalue weighted by molar-refractivity contribution is 6.04. The van der Waals surface area contributed by atoms with Gasteiger partial charge in [-0.25, -0.2) is 0 Å². The van der Waals surface area contributed by atoms with Crippen LogP contribution in [0.2, 0.25) is 0 Å². The Morgan fingerprint density at radius 3 is 2.71 bits per heavy atom. The maximum Gasteiger partial charge on any atom is 0.265 e. The summed E-state index contributed by atoms with van der Waals surface area (Å²) in [5.41, 5.74) is 1.83. The molecule has 1 N–H and O–H groups in total. The number of fused-ring (bicyclic) bond motifs is 1. The van der Waals surface area contributed by atoms with E-state index in [9.17, 15) is 14.4 Å². The van der Waals surface area contributed by atoms with Crippen LogP contribution in [0.15, 0.2) is 42.5 Å². The second-order valence-corrected chi connectivity index (χ2v) is 7.50. The van der Waals surface area contributed by atoms with Gasteiger partial charge < -0.3 is 14.8 Å². The number of hydrogen-bond donors (Lipinski definition) is 1. The second-order valence-electron chi connectivity index (χ2n) is 7.50. The molecular formula is C24H28N2O5. The average molecular weight is 424 g/mol. The molecule has 2 aromatic rings. The van der Waals surface area contributed by atoms with Gasteiger partial charge in [0.25, 0.3) is 5.91 Å². The van der Waals surface area contributed by atoms with Gasteiger partial charge in [-0.15, -0.1) is 0 Å². The molecule has 1 aliphatic heterocycles. The molecule has 0 aliphatic carbocycles. The van der Waals surface area contributed by atoms with E-state index in [0.717, 1.165) is 18.4 Å². The summed E-state index contributed by atoms with van der Waals surface area (Å²) in [6, 6.07) is 12.5. The van der Waals surface area contributed by atoms with Crippen LogP contribution in [0, 0.1) is 0 Å². The molecule has 164 valence electrons. The van der Waals surface area contributed by atoms with E-state index in [-0.39, 0.29) is 43.4 Å². The number of anilines is 1. The van der Waals surface area contributed by atoms with Crippen molar-refractivity contribution in [3.8, 4) is 11.5 Å². The third kappa shape index (κ3) is 5.42. The number of Topliss-reactive ketones (excluding diaryl/α,β-unsaturated/α-hetero) is 1. The van der Waals surface area contributed by atoms with Gasteiger partial charge in [-0.1, -0.05) is 32.0 Å². The number of benzene rings is 2. The van der Waals surface area contributed by atoms with Crippen LogP contribution in [0.1, 0.15) is 43.1 Å². The van der Waals surface area contributed by atoms with Crippen LogP contribution in [-0.4, -0.2) is 43.4 Å². The monoisotopic (exact) mass is 424 g/mol. The van der Waals surface area contributed by atoms with Crippen LogP contribution < -0.4 is 19.7 Å². The molecule has 31 heavy (non-hydrogen) atoms. The molecule has 0 radical (unpaired) electrons. The summed E-state index contributed by atoms with van der Waals surface area (Å²) in [6.07, 6.45) is 1.59. The van der Waals surface area contributed by atoms with Gasteiger partial charge in [-0.2, -0.15) is 0 Å². The Morgan fingerprint density at radius 1 is 1.19 bits per heavy atom. The molecule has 1 unspecified atom stereocenters. The lowest BCUT2D eigenvalue weighted by molar-refractivity contribution is -0.125. The fourth-order valence-electron chi connectivity index (χ4n) is 3.28. The molecule has 1 atom stereocenters. The maximum absolute atomic E-state index is 12.7. The van der Waals surface area contributed by atoms with Crippen molar-refractivity contribution in [3.63, 3.8) is 0 Å². The summed E-state index contributed by atoms with van der Waals surface area (Å²) in [4.78, 5) is 38.9. The molecule has 0 saturated carbocycles. The molecule has 3 rings (SSSR count). The number of nitrogens with one attached hydrogen (secondary N) is 1. The standard InChI is InChI=1S/C24H28N2O5/c1-4-16(3)25-23(28)13-26-19-12-18(10-11-22(19)31-15-24(26)29)20(27)14-30-21-9-7-6-8-17(21)5-2/h6-12,16H,4-5,13-15H2,1-3H3,(H,25,28). The van der Waals surface area contributed by atoms with Gasteiger partial charge in [-0.3, -0.25) is 19.3 Å². The van der Waals surface area contributed by atoms with Crippen LogP contribution in [0.3, 0.4) is 0 Å². The SMILES string of the molecule is CCc1ccccc1OCC(=O)c1ccc2c(c1)N(CC(=O)NC(C)CC)C(=O)CO2. The van der Waals surface area contributed by atoms with Crippen molar-refractivity contribution in [3.05, 3.63) is 53.6 Å². The zero-order valence-corrected chi connectivity index (χ0v) is 18.1. The predicted octanol–water partition coefficient (Wildman–Crippen LogP) is 3.15. The predicted molar refractivity (Wildman–Crippen MR) is 118 cm³/mol. The molecule has 0 bridgehead atoms. The van der Waals surface area contributed by atoms with Crippen LogP contribution in [0.25, 0.3) is 0 Å². The van der Waals surface area contributed by atoms with E-state index >= 15 is 0 Å². The van der Waals surface area contributed by atoms with E-state index in [1.807, 2.05) is 45.0 Å². The van der Waals surface area contributed by atoms with Crippen molar-refractivity contribution in [2.45, 2.75) is 39.7 Å². The highest BCUT2D eigenvalue weighted by Gasteiger charge is 2.28. The Balaban J connectivity index is 1.75. The maximum atomic E-state index is 12.7. The Kier molecular flexibility index (Phi) is 7.28. The molecule has 0 saturated heterocycles. The second kappa shape index (κ2) is 10.1.